The number of aromatic nitrogens is 1. The van der Waals surface area contributed by atoms with E-state index in [2.05, 4.69) is 15.6 Å². The molecule has 2 aliphatic heterocycles. The van der Waals surface area contributed by atoms with E-state index in [1.165, 1.54) is 0 Å². The lowest BCUT2D eigenvalue weighted by molar-refractivity contribution is 0.0277. The zero-order chi connectivity index (χ0) is 21.4. The number of benzene rings is 2. The second-order valence-electron chi connectivity index (χ2n) is 7.82. The van der Waals surface area contributed by atoms with Gasteiger partial charge in [0.05, 0.1) is 12.7 Å². The van der Waals surface area contributed by atoms with Crippen LogP contribution in [0.2, 0.25) is 0 Å². The number of hydrogen-bond acceptors (Lipinski definition) is 5. The summed E-state index contributed by atoms with van der Waals surface area (Å²) in [6, 6.07) is 15.0. The van der Waals surface area contributed by atoms with E-state index in [0.29, 0.717) is 29.8 Å². The summed E-state index contributed by atoms with van der Waals surface area (Å²) >= 11 is 0. The first-order valence-electron chi connectivity index (χ1n) is 10.4. The van der Waals surface area contributed by atoms with Gasteiger partial charge in [-0.3, -0.25) is 4.79 Å². The summed E-state index contributed by atoms with van der Waals surface area (Å²) in [5, 5.41) is 6.15. The molecule has 3 heterocycles. The molecule has 4 N–H and O–H groups in total. The molecule has 7 heteroatoms. The topological polar surface area (TPSA) is 89.3 Å². The number of hydrogen-bond donors (Lipinski definition) is 3. The van der Waals surface area contributed by atoms with Crippen molar-refractivity contribution in [3.63, 3.8) is 0 Å². The largest absolute Gasteiger partial charge is 0.383 e. The summed E-state index contributed by atoms with van der Waals surface area (Å²) in [6.07, 6.45) is 0.746. The molecule has 158 valence electrons. The summed E-state index contributed by atoms with van der Waals surface area (Å²) in [5.74, 6) is -0.558. The number of nitrogens with two attached hydrogens (primary N) is 1. The number of halogens is 1. The van der Waals surface area contributed by atoms with Gasteiger partial charge in [-0.1, -0.05) is 36.4 Å². The maximum Gasteiger partial charge on any atom is 0.251 e. The zero-order valence-corrected chi connectivity index (χ0v) is 17.0. The summed E-state index contributed by atoms with van der Waals surface area (Å²) < 4.78 is 20.5. The van der Waals surface area contributed by atoms with Crippen molar-refractivity contribution in [2.75, 3.05) is 32.0 Å². The van der Waals surface area contributed by atoms with E-state index in [9.17, 15) is 9.18 Å². The maximum absolute atomic E-state index is 14.7. The average Bonchev–Trinajstić information content (AvgIpc) is 2.80. The van der Waals surface area contributed by atoms with E-state index in [4.69, 9.17) is 10.5 Å². The minimum absolute atomic E-state index is 0.000413. The third-order valence-electron chi connectivity index (χ3n) is 5.87. The minimum atomic E-state index is -0.609. The van der Waals surface area contributed by atoms with Crippen molar-refractivity contribution >= 4 is 11.7 Å². The molecule has 2 aromatic carbocycles. The molecule has 1 saturated heterocycles. The van der Waals surface area contributed by atoms with Crippen LogP contribution in [0.5, 0.6) is 0 Å². The van der Waals surface area contributed by atoms with Gasteiger partial charge < -0.3 is 21.1 Å². The number of carbonyl (C=O) groups excluding carboxylic acids is 1. The number of anilines is 1. The number of amides is 1. The van der Waals surface area contributed by atoms with Crippen molar-refractivity contribution < 1.29 is 13.9 Å². The Hall–Kier alpha value is -3.29. The highest BCUT2D eigenvalue weighted by atomic mass is 19.1. The van der Waals surface area contributed by atoms with Crippen molar-refractivity contribution in [1.29, 1.82) is 0 Å². The van der Waals surface area contributed by atoms with Crippen molar-refractivity contribution in [3.05, 3.63) is 71.2 Å². The van der Waals surface area contributed by atoms with Crippen molar-refractivity contribution in [2.45, 2.75) is 12.5 Å². The predicted octanol–water partition coefficient (Wildman–Crippen LogP) is 3.08. The fourth-order valence-electron chi connectivity index (χ4n) is 4.19. The van der Waals surface area contributed by atoms with Gasteiger partial charge in [0.15, 0.2) is 0 Å². The van der Waals surface area contributed by atoms with Gasteiger partial charge >= 0.3 is 0 Å². The van der Waals surface area contributed by atoms with E-state index < -0.39 is 5.95 Å². The Balaban J connectivity index is 1.50. The van der Waals surface area contributed by atoms with Gasteiger partial charge in [0, 0.05) is 36.3 Å². The van der Waals surface area contributed by atoms with Crippen LogP contribution in [-0.2, 0) is 11.2 Å². The lowest BCUT2D eigenvalue weighted by Gasteiger charge is -2.24. The normalized spacial score (nSPS) is 18.4. The van der Waals surface area contributed by atoms with Gasteiger partial charge in [-0.2, -0.15) is 4.39 Å². The molecule has 31 heavy (non-hydrogen) atoms. The standard InChI is InChI=1S/C24H23FN4O2/c25-22-19(14-1-3-15(4-2-14)21-13-27-9-10-31-21)12-20(23(26)29-22)16-5-6-18-17(11-16)7-8-28-24(18)30/h1-6,11-12,21,27H,7-10,13H2,(H2,26,29)(H,28,30). The van der Waals surface area contributed by atoms with Crippen LogP contribution in [0, 0.1) is 5.95 Å². The van der Waals surface area contributed by atoms with Crippen LogP contribution in [0.25, 0.3) is 22.3 Å². The molecular formula is C24H23FN4O2. The summed E-state index contributed by atoms with van der Waals surface area (Å²) in [7, 11) is 0. The molecule has 6 nitrogen and oxygen atoms in total. The number of nitrogens with zero attached hydrogens (tertiary/aromatic N) is 1. The minimum Gasteiger partial charge on any atom is -0.383 e. The van der Waals surface area contributed by atoms with Crippen LogP contribution >= 0.6 is 0 Å². The highest BCUT2D eigenvalue weighted by molar-refractivity contribution is 5.97. The average molecular weight is 418 g/mol. The molecule has 2 aliphatic rings. The summed E-state index contributed by atoms with van der Waals surface area (Å²) in [5.41, 5.74) is 11.3. The number of pyridine rings is 1. The molecule has 1 atom stereocenters. The number of nitrogens with one attached hydrogen (secondary N) is 2. The number of fused-ring (bicyclic) bond motifs is 1. The molecule has 0 aliphatic carbocycles. The van der Waals surface area contributed by atoms with Gasteiger partial charge in [0.2, 0.25) is 5.95 Å². The van der Waals surface area contributed by atoms with Crippen LogP contribution in [0.15, 0.2) is 48.5 Å². The smallest absolute Gasteiger partial charge is 0.251 e. The van der Waals surface area contributed by atoms with Gasteiger partial charge in [0.25, 0.3) is 5.91 Å². The SMILES string of the molecule is Nc1nc(F)c(-c2ccc(C3CNCCO3)cc2)cc1-c1ccc2c(c1)CCNC2=O. The van der Waals surface area contributed by atoms with E-state index in [1.54, 1.807) is 12.1 Å². The second-order valence-corrected chi connectivity index (χ2v) is 7.82. The number of morpholine rings is 1. The lowest BCUT2D eigenvalue weighted by Crippen LogP contribution is -2.33. The first-order valence-corrected chi connectivity index (χ1v) is 10.4. The molecular weight excluding hydrogens is 395 g/mol. The molecule has 0 radical (unpaired) electrons. The molecule has 3 aromatic rings. The molecule has 1 amide bonds. The first-order chi connectivity index (χ1) is 15.1. The number of carbonyl (C=O) groups is 1. The third kappa shape index (κ3) is 3.78. The van der Waals surface area contributed by atoms with E-state index in [-0.39, 0.29) is 17.8 Å². The third-order valence-corrected chi connectivity index (χ3v) is 5.87. The van der Waals surface area contributed by atoms with E-state index in [1.807, 2.05) is 36.4 Å². The van der Waals surface area contributed by atoms with Gasteiger partial charge in [-0.15, -0.1) is 0 Å². The van der Waals surface area contributed by atoms with E-state index >= 15 is 0 Å². The Kier molecular flexibility index (Phi) is 5.13. The molecule has 1 fully saturated rings. The Labute approximate surface area is 179 Å². The number of nitrogen functional groups attached to an aromatic ring is 1. The van der Waals surface area contributed by atoms with Crippen molar-refractivity contribution in [2.24, 2.45) is 0 Å². The van der Waals surface area contributed by atoms with Crippen molar-refractivity contribution in [3.8, 4) is 22.3 Å². The van der Waals surface area contributed by atoms with Gasteiger partial charge in [0.1, 0.15) is 5.82 Å². The second kappa shape index (κ2) is 8.09. The fourth-order valence-corrected chi connectivity index (χ4v) is 4.19. The predicted molar refractivity (Wildman–Crippen MR) is 117 cm³/mol. The van der Waals surface area contributed by atoms with Crippen LogP contribution in [-0.4, -0.2) is 37.1 Å². The quantitative estimate of drug-likeness (QED) is 0.569. The molecule has 0 bridgehead atoms. The summed E-state index contributed by atoms with van der Waals surface area (Å²) in [6.45, 7) is 2.89. The monoisotopic (exact) mass is 418 g/mol. The molecule has 0 spiro atoms. The Morgan fingerprint density at radius 2 is 1.81 bits per heavy atom. The lowest BCUT2D eigenvalue weighted by atomic mass is 9.94. The molecule has 1 aromatic heterocycles. The summed E-state index contributed by atoms with van der Waals surface area (Å²) in [4.78, 5) is 16.0. The first kappa shape index (κ1) is 19.7. The van der Waals surface area contributed by atoms with E-state index in [0.717, 1.165) is 41.8 Å². The molecule has 1 unspecified atom stereocenters. The zero-order valence-electron chi connectivity index (χ0n) is 17.0. The Morgan fingerprint density at radius 1 is 1.00 bits per heavy atom. The maximum atomic E-state index is 14.7. The Bertz CT molecular complexity index is 1140. The van der Waals surface area contributed by atoms with Gasteiger partial charge in [-0.25, -0.2) is 4.98 Å². The fraction of sp³-hybridized carbons (Fsp3) is 0.250. The van der Waals surface area contributed by atoms with Crippen LogP contribution in [0.1, 0.15) is 27.6 Å². The molecule has 0 saturated carbocycles. The Morgan fingerprint density at radius 3 is 2.58 bits per heavy atom. The van der Waals surface area contributed by atoms with Crippen LogP contribution < -0.4 is 16.4 Å². The number of rotatable bonds is 3. The molecule has 5 rings (SSSR count). The highest BCUT2D eigenvalue weighted by Crippen LogP contribution is 2.33. The van der Waals surface area contributed by atoms with Crippen LogP contribution in [0.3, 0.4) is 0 Å². The number of ether oxygens (including phenoxy) is 1. The van der Waals surface area contributed by atoms with Crippen LogP contribution in [0.4, 0.5) is 10.2 Å². The highest BCUT2D eigenvalue weighted by Gasteiger charge is 2.20. The van der Waals surface area contributed by atoms with Gasteiger partial charge in [-0.05, 0) is 40.8 Å². The van der Waals surface area contributed by atoms with Crippen molar-refractivity contribution in [1.82, 2.24) is 15.6 Å².